The molecule has 1 fully saturated rings. The molecule has 0 radical (unpaired) electrons. The van der Waals surface area contributed by atoms with E-state index in [1.807, 2.05) is 48.5 Å². The van der Waals surface area contributed by atoms with Crippen LogP contribution in [0, 0.1) is 0 Å². The van der Waals surface area contributed by atoms with E-state index in [0.717, 1.165) is 34.5 Å². The number of rotatable bonds is 8. The predicted molar refractivity (Wildman–Crippen MR) is 165 cm³/mol. The Morgan fingerprint density at radius 3 is 2.45 bits per heavy atom. The number of alkyl halides is 3. The standard InChI is InChI=1S/C31H27F3N6O3S/c1-19(2)24-6-4-5-7-26(24)40-28(41)18-44-30(40)37-35-17-20-8-10-21(11-9-20)25-16-27(39(3)38-25)29(42)36-22-12-14-23(15-13-22)43-31(32,33)34/h4-17,19H,18H2,1-3H3,(H,36,42)/b35-17+,37-30-. The molecular formula is C31H27F3N6O3S. The van der Waals surface area contributed by atoms with Crippen molar-refractivity contribution in [2.45, 2.75) is 26.1 Å². The largest absolute Gasteiger partial charge is 0.573 e. The third-order valence-electron chi connectivity index (χ3n) is 6.58. The van der Waals surface area contributed by atoms with Crippen molar-refractivity contribution in [3.05, 3.63) is 95.7 Å². The van der Waals surface area contributed by atoms with E-state index >= 15 is 0 Å². The normalized spacial score (nSPS) is 14.7. The number of nitrogens with one attached hydrogen (secondary N) is 1. The van der Waals surface area contributed by atoms with Gasteiger partial charge in [-0.2, -0.15) is 10.2 Å². The van der Waals surface area contributed by atoms with Crippen molar-refractivity contribution in [1.29, 1.82) is 0 Å². The lowest BCUT2D eigenvalue weighted by Gasteiger charge is -2.20. The Hall–Kier alpha value is -4.91. The number of amides is 2. The van der Waals surface area contributed by atoms with Crippen LogP contribution in [0.5, 0.6) is 5.75 Å². The van der Waals surface area contributed by atoms with Gasteiger partial charge in [0.15, 0.2) is 5.17 Å². The second kappa shape index (κ2) is 12.8. The molecule has 2 amide bonds. The number of aryl methyl sites for hydroxylation is 1. The Morgan fingerprint density at radius 1 is 1.07 bits per heavy atom. The monoisotopic (exact) mass is 620 g/mol. The lowest BCUT2D eigenvalue weighted by molar-refractivity contribution is -0.274. The van der Waals surface area contributed by atoms with Crippen molar-refractivity contribution >= 4 is 46.3 Å². The first-order valence-electron chi connectivity index (χ1n) is 13.5. The zero-order valence-electron chi connectivity index (χ0n) is 23.9. The van der Waals surface area contributed by atoms with Gasteiger partial charge >= 0.3 is 6.36 Å². The van der Waals surface area contributed by atoms with Crippen LogP contribution in [-0.4, -0.2) is 45.1 Å². The van der Waals surface area contributed by atoms with E-state index in [-0.39, 0.29) is 23.3 Å². The second-order valence-corrected chi connectivity index (χ2v) is 11.0. The number of nitrogens with zero attached hydrogens (tertiary/aromatic N) is 5. The van der Waals surface area contributed by atoms with Gasteiger partial charge in [0.2, 0.25) is 5.91 Å². The van der Waals surface area contributed by atoms with Gasteiger partial charge in [-0.05, 0) is 53.4 Å². The van der Waals surface area contributed by atoms with Crippen LogP contribution in [0.3, 0.4) is 0 Å². The summed E-state index contributed by atoms with van der Waals surface area (Å²) < 4.78 is 42.4. The molecule has 1 N–H and O–H groups in total. The average Bonchev–Trinajstić information content (AvgIpc) is 3.55. The molecule has 1 saturated heterocycles. The topological polar surface area (TPSA) is 101 Å². The quantitative estimate of drug-likeness (QED) is 0.172. The minimum absolute atomic E-state index is 0.0433. The number of carbonyl (C=O) groups excluding carboxylic acids is 2. The summed E-state index contributed by atoms with van der Waals surface area (Å²) in [6, 6.07) is 21.6. The van der Waals surface area contributed by atoms with Crippen molar-refractivity contribution in [2.75, 3.05) is 16.0 Å². The van der Waals surface area contributed by atoms with Crippen molar-refractivity contribution in [1.82, 2.24) is 9.78 Å². The highest BCUT2D eigenvalue weighted by molar-refractivity contribution is 8.15. The van der Waals surface area contributed by atoms with Crippen LogP contribution >= 0.6 is 11.8 Å². The number of carbonyl (C=O) groups is 2. The smallest absolute Gasteiger partial charge is 0.406 e. The highest BCUT2D eigenvalue weighted by atomic mass is 32.2. The number of hydrogen-bond donors (Lipinski definition) is 1. The molecular weight excluding hydrogens is 593 g/mol. The van der Waals surface area contributed by atoms with Crippen LogP contribution < -0.4 is 15.0 Å². The molecule has 4 aromatic rings. The van der Waals surface area contributed by atoms with Gasteiger partial charge in [-0.25, -0.2) is 0 Å². The predicted octanol–water partition coefficient (Wildman–Crippen LogP) is 6.83. The highest BCUT2D eigenvalue weighted by Crippen LogP contribution is 2.33. The van der Waals surface area contributed by atoms with Crippen LogP contribution in [0.1, 0.15) is 41.4 Å². The van der Waals surface area contributed by atoms with Crippen LogP contribution in [0.25, 0.3) is 11.3 Å². The summed E-state index contributed by atoms with van der Waals surface area (Å²) in [4.78, 5) is 27.1. The highest BCUT2D eigenvalue weighted by Gasteiger charge is 2.32. The second-order valence-electron chi connectivity index (χ2n) is 10.0. The molecule has 0 unspecified atom stereocenters. The van der Waals surface area contributed by atoms with Crippen LogP contribution in [0.4, 0.5) is 24.5 Å². The van der Waals surface area contributed by atoms with Gasteiger partial charge < -0.3 is 10.1 Å². The van der Waals surface area contributed by atoms with Gasteiger partial charge in [-0.15, -0.1) is 18.3 Å². The molecule has 44 heavy (non-hydrogen) atoms. The fourth-order valence-electron chi connectivity index (χ4n) is 4.49. The molecule has 13 heteroatoms. The summed E-state index contributed by atoms with van der Waals surface area (Å²) in [6.45, 7) is 4.16. The molecule has 1 aliphatic heterocycles. The van der Waals surface area contributed by atoms with E-state index < -0.39 is 12.3 Å². The van der Waals surface area contributed by atoms with E-state index in [2.05, 4.69) is 39.2 Å². The number of hydrogen-bond acceptors (Lipinski definition) is 7. The third kappa shape index (κ3) is 7.17. The number of halogens is 3. The van der Waals surface area contributed by atoms with E-state index in [4.69, 9.17) is 0 Å². The van der Waals surface area contributed by atoms with Crippen LogP contribution in [0.15, 0.2) is 89.1 Å². The Kier molecular flexibility index (Phi) is 8.86. The molecule has 0 aliphatic carbocycles. The number of para-hydroxylation sites is 1. The summed E-state index contributed by atoms with van der Waals surface area (Å²) in [5, 5.41) is 16.1. The fraction of sp³-hybridized carbons (Fsp3) is 0.194. The van der Waals surface area contributed by atoms with E-state index in [9.17, 15) is 22.8 Å². The first kappa shape index (κ1) is 30.5. The molecule has 9 nitrogen and oxygen atoms in total. The Morgan fingerprint density at radius 2 is 1.77 bits per heavy atom. The maximum atomic E-state index is 12.8. The molecule has 1 aromatic heterocycles. The minimum atomic E-state index is -4.80. The molecule has 0 atom stereocenters. The van der Waals surface area contributed by atoms with Gasteiger partial charge in [0.1, 0.15) is 11.4 Å². The third-order valence-corrected chi connectivity index (χ3v) is 7.49. The van der Waals surface area contributed by atoms with Gasteiger partial charge in [0, 0.05) is 18.3 Å². The molecule has 1 aliphatic rings. The lowest BCUT2D eigenvalue weighted by Crippen LogP contribution is -2.30. The lowest BCUT2D eigenvalue weighted by atomic mass is 10.0. The molecule has 0 spiro atoms. The Labute approximate surface area is 255 Å². The zero-order valence-corrected chi connectivity index (χ0v) is 24.7. The SMILES string of the molecule is CC(C)c1ccccc1N1C(=O)CS/C1=N\N=C\c1ccc(-c2cc(C(=O)Nc3ccc(OC(F)(F)F)cc3)n(C)n2)cc1. The van der Waals surface area contributed by atoms with E-state index in [1.54, 1.807) is 24.2 Å². The summed E-state index contributed by atoms with van der Waals surface area (Å²) in [6.07, 6.45) is -3.21. The van der Waals surface area contributed by atoms with Crippen molar-refractivity contribution < 1.29 is 27.5 Å². The Bertz CT molecular complexity index is 1730. The first-order valence-corrected chi connectivity index (χ1v) is 14.4. The van der Waals surface area contributed by atoms with Gasteiger partial charge in [-0.1, -0.05) is 68.1 Å². The fourth-order valence-corrected chi connectivity index (χ4v) is 5.31. The van der Waals surface area contributed by atoms with Crippen molar-refractivity contribution in [2.24, 2.45) is 17.3 Å². The first-order chi connectivity index (χ1) is 21.0. The van der Waals surface area contributed by atoms with E-state index in [1.165, 1.54) is 28.6 Å². The van der Waals surface area contributed by atoms with E-state index in [0.29, 0.717) is 22.3 Å². The summed E-state index contributed by atoms with van der Waals surface area (Å²) in [5.41, 5.74) is 4.50. The minimum Gasteiger partial charge on any atom is -0.406 e. The zero-order chi connectivity index (χ0) is 31.4. The molecule has 226 valence electrons. The average molecular weight is 621 g/mol. The van der Waals surface area contributed by atoms with Crippen LogP contribution in [-0.2, 0) is 11.8 Å². The maximum Gasteiger partial charge on any atom is 0.573 e. The van der Waals surface area contributed by atoms with Gasteiger partial charge in [-0.3, -0.25) is 19.2 Å². The number of aromatic nitrogens is 2. The number of ether oxygens (including phenoxy) is 1. The van der Waals surface area contributed by atoms with Gasteiger partial charge in [0.05, 0.1) is 23.3 Å². The number of amidine groups is 1. The number of thioether (sulfide) groups is 1. The van der Waals surface area contributed by atoms with Gasteiger partial charge in [0.25, 0.3) is 5.91 Å². The molecule has 2 heterocycles. The molecule has 0 bridgehead atoms. The van der Waals surface area contributed by atoms with Crippen LogP contribution in [0.2, 0.25) is 0 Å². The molecule has 0 saturated carbocycles. The molecule has 3 aromatic carbocycles. The van der Waals surface area contributed by atoms with Crippen molar-refractivity contribution in [3.63, 3.8) is 0 Å². The molecule has 5 rings (SSSR count). The summed E-state index contributed by atoms with van der Waals surface area (Å²) >= 11 is 1.34. The van der Waals surface area contributed by atoms with Crippen molar-refractivity contribution in [3.8, 4) is 17.0 Å². The summed E-state index contributed by atoms with van der Waals surface area (Å²) in [5.74, 6) is -0.380. The number of benzene rings is 3. The summed E-state index contributed by atoms with van der Waals surface area (Å²) in [7, 11) is 1.62. The maximum absolute atomic E-state index is 12.8. The Balaban J connectivity index is 1.25. The number of anilines is 2.